The van der Waals surface area contributed by atoms with E-state index in [1.54, 1.807) is 10.7 Å². The summed E-state index contributed by atoms with van der Waals surface area (Å²) in [6, 6.07) is 6.51. The van der Waals surface area contributed by atoms with Crippen molar-refractivity contribution in [2.75, 3.05) is 23.3 Å². The molecule has 2 fully saturated rings. The van der Waals surface area contributed by atoms with Crippen molar-refractivity contribution in [1.82, 2.24) is 15.1 Å². The van der Waals surface area contributed by atoms with E-state index in [4.69, 9.17) is 0 Å². The quantitative estimate of drug-likeness (QED) is 0.826. The highest BCUT2D eigenvalue weighted by Crippen LogP contribution is 2.38. The number of aryl methyl sites for hydroxylation is 1. The number of urea groups is 1. The van der Waals surface area contributed by atoms with Gasteiger partial charge in [0, 0.05) is 31.7 Å². The van der Waals surface area contributed by atoms with Crippen molar-refractivity contribution in [3.8, 4) is 11.3 Å². The molecule has 6 nitrogen and oxygen atoms in total. The van der Waals surface area contributed by atoms with Gasteiger partial charge in [-0.25, -0.2) is 13.9 Å². The summed E-state index contributed by atoms with van der Waals surface area (Å²) < 4.78 is 15.5. The van der Waals surface area contributed by atoms with Crippen LogP contribution in [0.5, 0.6) is 0 Å². The molecular formula is C21H28FN5O. The average molecular weight is 385 g/mol. The Morgan fingerprint density at radius 3 is 2.61 bits per heavy atom. The summed E-state index contributed by atoms with van der Waals surface area (Å²) in [6.07, 6.45) is 7.85. The third kappa shape index (κ3) is 3.98. The molecule has 1 saturated heterocycles. The van der Waals surface area contributed by atoms with Gasteiger partial charge in [-0.05, 0) is 37.8 Å². The van der Waals surface area contributed by atoms with Gasteiger partial charge in [-0.1, -0.05) is 31.4 Å². The number of hydrogen-bond donors (Lipinski definition) is 2. The van der Waals surface area contributed by atoms with Crippen LogP contribution in [0.3, 0.4) is 0 Å². The van der Waals surface area contributed by atoms with E-state index in [0.29, 0.717) is 11.5 Å². The number of hydrogen-bond acceptors (Lipinski definition) is 3. The van der Waals surface area contributed by atoms with E-state index in [1.165, 1.54) is 31.4 Å². The summed E-state index contributed by atoms with van der Waals surface area (Å²) >= 11 is 0. The third-order valence-electron chi connectivity index (χ3n) is 5.71. The lowest BCUT2D eigenvalue weighted by Gasteiger charge is -2.24. The summed E-state index contributed by atoms with van der Waals surface area (Å²) in [5, 5.41) is 10.8. The normalized spacial score (nSPS) is 17.7. The predicted octanol–water partition coefficient (Wildman–Crippen LogP) is 4.28. The first-order valence-corrected chi connectivity index (χ1v) is 10.3. The molecule has 1 aromatic heterocycles. The largest absolute Gasteiger partial charge is 0.367 e. The summed E-state index contributed by atoms with van der Waals surface area (Å²) in [7, 11) is 1.82. The fourth-order valence-electron chi connectivity index (χ4n) is 4.30. The highest BCUT2D eigenvalue weighted by molar-refractivity contribution is 5.96. The van der Waals surface area contributed by atoms with E-state index in [9.17, 15) is 9.18 Å². The summed E-state index contributed by atoms with van der Waals surface area (Å²) in [6.45, 7) is 1.82. The number of benzene rings is 1. The maximum atomic E-state index is 13.8. The van der Waals surface area contributed by atoms with Crippen LogP contribution < -0.4 is 15.5 Å². The van der Waals surface area contributed by atoms with Crippen LogP contribution in [0.25, 0.3) is 11.3 Å². The molecule has 2 heterocycles. The van der Waals surface area contributed by atoms with Gasteiger partial charge in [0.1, 0.15) is 17.2 Å². The van der Waals surface area contributed by atoms with Crippen molar-refractivity contribution in [2.24, 2.45) is 7.05 Å². The van der Waals surface area contributed by atoms with E-state index in [2.05, 4.69) is 20.6 Å². The zero-order chi connectivity index (χ0) is 19.5. The SMILES string of the molecule is Cn1nc(-c2cccc(F)c2)c(N2CCCC2)c1NC(=O)NC1CCCCC1. The summed E-state index contributed by atoms with van der Waals surface area (Å²) in [5.74, 6) is 0.370. The maximum Gasteiger partial charge on any atom is 0.320 e. The number of nitrogens with one attached hydrogen (secondary N) is 2. The Balaban J connectivity index is 1.63. The Hall–Kier alpha value is -2.57. The summed E-state index contributed by atoms with van der Waals surface area (Å²) in [5.41, 5.74) is 2.31. The Morgan fingerprint density at radius 1 is 1.14 bits per heavy atom. The van der Waals surface area contributed by atoms with Crippen molar-refractivity contribution in [1.29, 1.82) is 0 Å². The fourth-order valence-corrected chi connectivity index (χ4v) is 4.30. The van der Waals surface area contributed by atoms with Crippen LogP contribution in [-0.4, -0.2) is 34.9 Å². The van der Waals surface area contributed by atoms with Crippen LogP contribution in [0.4, 0.5) is 20.7 Å². The van der Waals surface area contributed by atoms with Crippen molar-refractivity contribution >= 4 is 17.5 Å². The molecule has 1 saturated carbocycles. The first kappa shape index (κ1) is 18.8. The lowest BCUT2D eigenvalue weighted by Crippen LogP contribution is -2.39. The van der Waals surface area contributed by atoms with Gasteiger partial charge in [0.05, 0.1) is 0 Å². The Bertz CT molecular complexity index is 837. The smallest absolute Gasteiger partial charge is 0.320 e. The number of rotatable bonds is 4. The third-order valence-corrected chi connectivity index (χ3v) is 5.71. The number of anilines is 2. The molecule has 7 heteroatoms. The van der Waals surface area contributed by atoms with Crippen LogP contribution in [0, 0.1) is 5.82 Å². The molecule has 2 aliphatic rings. The lowest BCUT2D eigenvalue weighted by atomic mass is 9.96. The monoisotopic (exact) mass is 385 g/mol. The van der Waals surface area contributed by atoms with Crippen molar-refractivity contribution in [3.63, 3.8) is 0 Å². The fraction of sp³-hybridized carbons (Fsp3) is 0.524. The number of carbonyl (C=O) groups excluding carboxylic acids is 1. The molecule has 0 bridgehead atoms. The Kier molecular flexibility index (Phi) is 5.50. The molecule has 1 aromatic carbocycles. The van der Waals surface area contributed by atoms with Gasteiger partial charge in [-0.2, -0.15) is 5.10 Å². The molecule has 2 amide bonds. The molecule has 28 heavy (non-hydrogen) atoms. The molecule has 2 N–H and O–H groups in total. The van der Waals surface area contributed by atoms with Crippen LogP contribution >= 0.6 is 0 Å². The van der Waals surface area contributed by atoms with Crippen LogP contribution in [-0.2, 0) is 7.05 Å². The molecule has 0 spiro atoms. The zero-order valence-corrected chi connectivity index (χ0v) is 16.4. The highest BCUT2D eigenvalue weighted by atomic mass is 19.1. The van der Waals surface area contributed by atoms with Crippen LogP contribution in [0.1, 0.15) is 44.9 Å². The van der Waals surface area contributed by atoms with Crippen molar-refractivity contribution in [2.45, 2.75) is 51.0 Å². The minimum absolute atomic E-state index is 0.193. The Morgan fingerprint density at radius 2 is 1.89 bits per heavy atom. The van der Waals surface area contributed by atoms with E-state index < -0.39 is 0 Å². The van der Waals surface area contributed by atoms with Crippen LogP contribution in [0.2, 0.25) is 0 Å². The molecule has 0 radical (unpaired) electrons. The molecule has 0 atom stereocenters. The molecule has 2 aromatic rings. The molecule has 150 valence electrons. The number of halogens is 1. The average Bonchev–Trinajstić information content (AvgIpc) is 3.31. The molecule has 4 rings (SSSR count). The number of amides is 2. The minimum atomic E-state index is -0.292. The highest BCUT2D eigenvalue weighted by Gasteiger charge is 2.27. The lowest BCUT2D eigenvalue weighted by molar-refractivity contribution is 0.244. The number of carbonyl (C=O) groups is 1. The van der Waals surface area contributed by atoms with Gasteiger partial charge in [-0.3, -0.25) is 5.32 Å². The first-order valence-electron chi connectivity index (χ1n) is 10.3. The second-order valence-electron chi connectivity index (χ2n) is 7.81. The predicted molar refractivity (Wildman–Crippen MR) is 109 cm³/mol. The first-order chi connectivity index (χ1) is 13.6. The van der Waals surface area contributed by atoms with E-state index >= 15 is 0 Å². The van der Waals surface area contributed by atoms with Gasteiger partial charge in [0.2, 0.25) is 0 Å². The summed E-state index contributed by atoms with van der Waals surface area (Å²) in [4.78, 5) is 14.9. The van der Waals surface area contributed by atoms with E-state index in [1.807, 2.05) is 13.1 Å². The van der Waals surface area contributed by atoms with Gasteiger partial charge in [-0.15, -0.1) is 0 Å². The van der Waals surface area contributed by atoms with E-state index in [-0.39, 0.29) is 17.9 Å². The van der Waals surface area contributed by atoms with Gasteiger partial charge < -0.3 is 10.2 Å². The second-order valence-corrected chi connectivity index (χ2v) is 7.81. The van der Waals surface area contributed by atoms with Gasteiger partial charge >= 0.3 is 6.03 Å². The molecular weight excluding hydrogens is 357 g/mol. The Labute approximate surface area is 165 Å². The number of aromatic nitrogens is 2. The van der Waals surface area contributed by atoms with Crippen molar-refractivity contribution < 1.29 is 9.18 Å². The molecule has 1 aliphatic heterocycles. The second kappa shape index (κ2) is 8.20. The minimum Gasteiger partial charge on any atom is -0.367 e. The zero-order valence-electron chi connectivity index (χ0n) is 16.4. The van der Waals surface area contributed by atoms with Crippen molar-refractivity contribution in [3.05, 3.63) is 30.1 Å². The van der Waals surface area contributed by atoms with E-state index in [0.717, 1.165) is 50.0 Å². The topological polar surface area (TPSA) is 62.2 Å². The maximum absolute atomic E-state index is 13.8. The van der Waals surface area contributed by atoms with Gasteiger partial charge in [0.15, 0.2) is 5.82 Å². The molecule has 1 aliphatic carbocycles. The van der Waals surface area contributed by atoms with Gasteiger partial charge in [0.25, 0.3) is 0 Å². The standard InChI is InChI=1S/C21H28FN5O/c1-26-20(24-21(28)23-17-10-3-2-4-11-17)19(27-12-5-6-13-27)18(25-26)15-8-7-9-16(22)14-15/h7-9,14,17H,2-6,10-13H2,1H3,(H2,23,24,28). The van der Waals surface area contributed by atoms with Crippen LogP contribution in [0.15, 0.2) is 24.3 Å². The number of nitrogens with zero attached hydrogens (tertiary/aromatic N) is 3. The molecule has 0 unspecified atom stereocenters.